The fourth-order valence-electron chi connectivity index (χ4n) is 2.07. The summed E-state index contributed by atoms with van der Waals surface area (Å²) in [5.74, 6) is 2.87. The van der Waals surface area contributed by atoms with Gasteiger partial charge in [0.15, 0.2) is 0 Å². The van der Waals surface area contributed by atoms with Crippen LogP contribution in [-0.2, 0) is 0 Å². The van der Waals surface area contributed by atoms with E-state index in [9.17, 15) is 0 Å². The molecule has 0 spiro atoms. The fourth-order valence-corrected chi connectivity index (χ4v) is 2.07. The Morgan fingerprint density at radius 3 is 2.93 bits per heavy atom. The van der Waals surface area contributed by atoms with Gasteiger partial charge in [0.25, 0.3) is 0 Å². The number of nitrogens with one attached hydrogen (secondary N) is 1. The first-order valence-corrected chi connectivity index (χ1v) is 5.75. The van der Waals surface area contributed by atoms with E-state index in [1.54, 1.807) is 0 Å². The number of nitrogens with zero attached hydrogens (tertiary/aromatic N) is 1. The number of likely N-dealkylation sites (tertiary alicyclic amines) is 1. The van der Waals surface area contributed by atoms with E-state index >= 15 is 0 Å². The van der Waals surface area contributed by atoms with Crippen LogP contribution < -0.4 is 5.32 Å². The van der Waals surface area contributed by atoms with Gasteiger partial charge in [-0.2, -0.15) is 0 Å². The molecule has 0 radical (unpaired) electrons. The molecule has 1 heterocycles. The average Bonchev–Trinajstić information content (AvgIpc) is 2.65. The number of hydrogen-bond donors (Lipinski definition) is 1. The molecule has 1 aliphatic rings. The molecule has 1 aliphatic heterocycles. The van der Waals surface area contributed by atoms with Gasteiger partial charge < -0.3 is 5.32 Å². The van der Waals surface area contributed by atoms with Crippen LogP contribution in [0.5, 0.6) is 0 Å². The minimum Gasteiger partial charge on any atom is -0.313 e. The molecule has 2 atom stereocenters. The summed E-state index contributed by atoms with van der Waals surface area (Å²) < 4.78 is 0. The second-order valence-electron chi connectivity index (χ2n) is 4.03. The standard InChI is InChI=1S/C12H22N2/c1-4-8-13-11-7-9-14(10-11)12(5-2)6-3/h2,11-13H,4,6-10H2,1,3H3. The van der Waals surface area contributed by atoms with Gasteiger partial charge >= 0.3 is 0 Å². The van der Waals surface area contributed by atoms with Crippen molar-refractivity contribution in [1.82, 2.24) is 10.2 Å². The van der Waals surface area contributed by atoms with E-state index in [1.807, 2.05) is 0 Å². The monoisotopic (exact) mass is 194 g/mol. The van der Waals surface area contributed by atoms with E-state index in [4.69, 9.17) is 6.42 Å². The second-order valence-corrected chi connectivity index (χ2v) is 4.03. The van der Waals surface area contributed by atoms with Crippen LogP contribution in [0.4, 0.5) is 0 Å². The normalized spacial score (nSPS) is 24.8. The highest BCUT2D eigenvalue weighted by Crippen LogP contribution is 2.14. The quantitative estimate of drug-likeness (QED) is 0.667. The van der Waals surface area contributed by atoms with E-state index in [2.05, 4.69) is 30.0 Å². The van der Waals surface area contributed by atoms with Crippen molar-refractivity contribution in [3.05, 3.63) is 0 Å². The molecule has 1 rings (SSSR count). The molecular formula is C12H22N2. The Morgan fingerprint density at radius 2 is 2.36 bits per heavy atom. The minimum atomic E-state index is 0.350. The van der Waals surface area contributed by atoms with Gasteiger partial charge in [-0.3, -0.25) is 4.90 Å². The molecule has 0 aromatic heterocycles. The van der Waals surface area contributed by atoms with Crippen LogP contribution in [-0.4, -0.2) is 36.6 Å². The number of rotatable bonds is 5. The molecule has 0 bridgehead atoms. The Bertz CT molecular complexity index is 195. The average molecular weight is 194 g/mol. The zero-order valence-electron chi connectivity index (χ0n) is 9.42. The van der Waals surface area contributed by atoms with Crippen molar-refractivity contribution in [3.8, 4) is 12.3 Å². The third kappa shape index (κ3) is 3.01. The summed E-state index contributed by atoms with van der Waals surface area (Å²) in [5, 5.41) is 3.55. The molecule has 80 valence electrons. The Hall–Kier alpha value is -0.520. The topological polar surface area (TPSA) is 15.3 Å². The first-order chi connectivity index (χ1) is 6.81. The van der Waals surface area contributed by atoms with Gasteiger partial charge in [-0.15, -0.1) is 6.42 Å². The molecule has 0 saturated carbocycles. The van der Waals surface area contributed by atoms with Crippen LogP contribution in [0, 0.1) is 12.3 Å². The molecule has 1 fully saturated rings. The maximum atomic E-state index is 5.50. The third-order valence-electron chi connectivity index (χ3n) is 2.92. The van der Waals surface area contributed by atoms with Crippen LogP contribution in [0.15, 0.2) is 0 Å². The van der Waals surface area contributed by atoms with E-state index in [0.29, 0.717) is 12.1 Å². The molecule has 2 unspecified atom stereocenters. The molecule has 0 aromatic carbocycles. The summed E-state index contributed by atoms with van der Waals surface area (Å²) in [7, 11) is 0. The van der Waals surface area contributed by atoms with Crippen molar-refractivity contribution in [2.75, 3.05) is 19.6 Å². The highest BCUT2D eigenvalue weighted by atomic mass is 15.2. The Balaban J connectivity index is 2.30. The summed E-state index contributed by atoms with van der Waals surface area (Å²) in [6.45, 7) is 7.78. The van der Waals surface area contributed by atoms with Crippen LogP contribution in [0.25, 0.3) is 0 Å². The van der Waals surface area contributed by atoms with Gasteiger partial charge in [0.05, 0.1) is 6.04 Å². The molecule has 1 N–H and O–H groups in total. The van der Waals surface area contributed by atoms with Gasteiger partial charge in [0, 0.05) is 19.1 Å². The lowest BCUT2D eigenvalue weighted by Gasteiger charge is -2.22. The molecule has 0 aliphatic carbocycles. The first kappa shape index (κ1) is 11.6. The molecule has 2 heteroatoms. The summed E-state index contributed by atoms with van der Waals surface area (Å²) in [5.41, 5.74) is 0. The van der Waals surface area contributed by atoms with Gasteiger partial charge in [-0.05, 0) is 25.8 Å². The summed E-state index contributed by atoms with van der Waals surface area (Å²) in [4.78, 5) is 2.42. The molecule has 14 heavy (non-hydrogen) atoms. The summed E-state index contributed by atoms with van der Waals surface area (Å²) in [6.07, 6.45) is 9.02. The highest BCUT2D eigenvalue weighted by molar-refractivity contribution is 5.01. The lowest BCUT2D eigenvalue weighted by molar-refractivity contribution is 0.278. The van der Waals surface area contributed by atoms with Crippen molar-refractivity contribution < 1.29 is 0 Å². The molecule has 0 aromatic rings. The second kappa shape index (κ2) is 6.06. The van der Waals surface area contributed by atoms with Crippen molar-refractivity contribution in [3.63, 3.8) is 0 Å². The maximum absolute atomic E-state index is 5.50. The van der Waals surface area contributed by atoms with Crippen molar-refractivity contribution >= 4 is 0 Å². The first-order valence-electron chi connectivity index (χ1n) is 5.75. The molecule has 1 saturated heterocycles. The highest BCUT2D eigenvalue weighted by Gasteiger charge is 2.25. The Labute approximate surface area is 88.1 Å². The third-order valence-corrected chi connectivity index (χ3v) is 2.92. The van der Waals surface area contributed by atoms with Crippen molar-refractivity contribution in [2.24, 2.45) is 0 Å². The summed E-state index contributed by atoms with van der Waals surface area (Å²) in [6, 6.07) is 1.01. The van der Waals surface area contributed by atoms with Crippen molar-refractivity contribution in [1.29, 1.82) is 0 Å². The van der Waals surface area contributed by atoms with Crippen LogP contribution in [0.1, 0.15) is 33.1 Å². The SMILES string of the molecule is C#CC(CC)N1CCC(NCCC)C1. The lowest BCUT2D eigenvalue weighted by Crippen LogP contribution is -2.36. The Kier molecular flexibility index (Phi) is 5.00. The Morgan fingerprint density at radius 1 is 1.57 bits per heavy atom. The minimum absolute atomic E-state index is 0.350. The predicted octanol–water partition coefficient (Wildman–Crippen LogP) is 1.47. The largest absolute Gasteiger partial charge is 0.313 e. The van der Waals surface area contributed by atoms with Crippen LogP contribution >= 0.6 is 0 Å². The maximum Gasteiger partial charge on any atom is 0.0709 e. The molecule has 0 amide bonds. The smallest absolute Gasteiger partial charge is 0.0709 e. The number of hydrogen-bond acceptors (Lipinski definition) is 2. The van der Waals surface area contributed by atoms with Gasteiger partial charge in [-0.25, -0.2) is 0 Å². The summed E-state index contributed by atoms with van der Waals surface area (Å²) >= 11 is 0. The van der Waals surface area contributed by atoms with E-state index in [-0.39, 0.29) is 0 Å². The number of terminal acetylenes is 1. The zero-order valence-corrected chi connectivity index (χ0v) is 9.42. The van der Waals surface area contributed by atoms with Gasteiger partial charge in [-0.1, -0.05) is 19.8 Å². The van der Waals surface area contributed by atoms with Crippen molar-refractivity contribution in [2.45, 2.75) is 45.2 Å². The molecule has 2 nitrogen and oxygen atoms in total. The predicted molar refractivity (Wildman–Crippen MR) is 61.2 cm³/mol. The fraction of sp³-hybridized carbons (Fsp3) is 0.833. The van der Waals surface area contributed by atoms with E-state index in [1.165, 1.54) is 12.8 Å². The van der Waals surface area contributed by atoms with E-state index in [0.717, 1.165) is 26.1 Å². The van der Waals surface area contributed by atoms with Gasteiger partial charge in [0.2, 0.25) is 0 Å². The van der Waals surface area contributed by atoms with Gasteiger partial charge in [0.1, 0.15) is 0 Å². The zero-order chi connectivity index (χ0) is 10.4. The lowest BCUT2D eigenvalue weighted by atomic mass is 10.2. The van der Waals surface area contributed by atoms with E-state index < -0.39 is 0 Å². The van der Waals surface area contributed by atoms with Crippen LogP contribution in [0.3, 0.4) is 0 Å². The molecular weight excluding hydrogens is 172 g/mol. The van der Waals surface area contributed by atoms with Crippen LogP contribution in [0.2, 0.25) is 0 Å².